The molecule has 1 aliphatic heterocycles. The summed E-state index contributed by atoms with van der Waals surface area (Å²) in [4.78, 5) is 21.2. The first-order valence-corrected chi connectivity index (χ1v) is 5.75. The smallest absolute Gasteiger partial charge is 0.332 e. The van der Waals surface area contributed by atoms with E-state index in [0.29, 0.717) is 30.8 Å². The molecule has 0 spiro atoms. The van der Waals surface area contributed by atoms with E-state index in [4.69, 9.17) is 14.6 Å². The number of benzene rings is 1. The molecule has 18 heavy (non-hydrogen) atoms. The van der Waals surface area contributed by atoms with Crippen LogP contribution in [-0.2, 0) is 9.53 Å². The van der Waals surface area contributed by atoms with Gasteiger partial charge in [0.1, 0.15) is 18.6 Å². The number of aldehydes is 1. The first kappa shape index (κ1) is 12.6. The van der Waals surface area contributed by atoms with Crippen molar-refractivity contribution in [1.29, 1.82) is 0 Å². The van der Waals surface area contributed by atoms with Crippen molar-refractivity contribution in [3.63, 3.8) is 0 Å². The Morgan fingerprint density at radius 1 is 1.39 bits per heavy atom. The highest BCUT2D eigenvalue weighted by Crippen LogP contribution is 2.21. The predicted octanol–water partition coefficient (Wildman–Crippen LogP) is 1.51. The van der Waals surface area contributed by atoms with Gasteiger partial charge >= 0.3 is 5.97 Å². The van der Waals surface area contributed by atoms with Gasteiger partial charge in [0, 0.05) is 5.56 Å². The lowest BCUT2D eigenvalue weighted by Crippen LogP contribution is -2.23. The minimum absolute atomic E-state index is 0.183. The number of hydrogen-bond acceptors (Lipinski definition) is 4. The summed E-state index contributed by atoms with van der Waals surface area (Å²) in [7, 11) is 0. The van der Waals surface area contributed by atoms with Gasteiger partial charge in [0.15, 0.2) is 6.10 Å². The van der Waals surface area contributed by atoms with Gasteiger partial charge in [-0.05, 0) is 37.1 Å². The van der Waals surface area contributed by atoms with Gasteiger partial charge in [-0.3, -0.25) is 4.79 Å². The van der Waals surface area contributed by atoms with E-state index in [2.05, 4.69) is 0 Å². The maximum atomic E-state index is 10.7. The molecule has 0 amide bonds. The fourth-order valence-electron chi connectivity index (χ4n) is 1.84. The number of carbonyl (C=O) groups is 2. The van der Waals surface area contributed by atoms with Gasteiger partial charge in [-0.2, -0.15) is 0 Å². The van der Waals surface area contributed by atoms with Crippen LogP contribution in [0.15, 0.2) is 24.3 Å². The summed E-state index contributed by atoms with van der Waals surface area (Å²) in [5.41, 5.74) is 0.588. The molecule has 1 N–H and O–H groups in total. The number of rotatable bonds is 5. The highest BCUT2D eigenvalue weighted by atomic mass is 16.6. The molecule has 0 aromatic heterocycles. The van der Waals surface area contributed by atoms with E-state index in [0.717, 1.165) is 6.29 Å². The summed E-state index contributed by atoms with van der Waals surface area (Å²) >= 11 is 0. The van der Waals surface area contributed by atoms with Crippen molar-refractivity contribution in [3.05, 3.63) is 29.8 Å². The van der Waals surface area contributed by atoms with Gasteiger partial charge in [0.05, 0.1) is 6.10 Å². The Morgan fingerprint density at radius 3 is 2.67 bits per heavy atom. The van der Waals surface area contributed by atoms with Gasteiger partial charge in [-0.25, -0.2) is 4.79 Å². The maximum Gasteiger partial charge on any atom is 0.332 e. The second-order valence-corrected chi connectivity index (χ2v) is 4.16. The Hall–Kier alpha value is -1.88. The van der Waals surface area contributed by atoms with Crippen LogP contribution in [0.25, 0.3) is 0 Å². The van der Waals surface area contributed by atoms with Crippen molar-refractivity contribution in [3.8, 4) is 5.75 Å². The molecule has 1 saturated heterocycles. The summed E-state index contributed by atoms with van der Waals surface area (Å²) < 4.78 is 10.8. The highest BCUT2D eigenvalue weighted by molar-refractivity contribution is 5.74. The zero-order valence-corrected chi connectivity index (χ0v) is 9.74. The third-order valence-electron chi connectivity index (χ3n) is 2.84. The quantitative estimate of drug-likeness (QED) is 0.802. The largest absolute Gasteiger partial charge is 0.491 e. The molecule has 5 heteroatoms. The normalized spacial score (nSPS) is 22.7. The SMILES string of the molecule is O=Cc1ccc(OCC2CCC(C(=O)O)O2)cc1. The number of carboxylic acid groups (broad SMARTS) is 1. The van der Waals surface area contributed by atoms with Crippen molar-refractivity contribution in [2.24, 2.45) is 0 Å². The van der Waals surface area contributed by atoms with E-state index >= 15 is 0 Å². The molecule has 1 heterocycles. The van der Waals surface area contributed by atoms with Crippen LogP contribution in [0.5, 0.6) is 5.75 Å². The molecule has 0 aliphatic carbocycles. The van der Waals surface area contributed by atoms with Crippen LogP contribution in [0, 0.1) is 0 Å². The zero-order chi connectivity index (χ0) is 13.0. The molecule has 2 atom stereocenters. The van der Waals surface area contributed by atoms with Crippen molar-refractivity contribution in [1.82, 2.24) is 0 Å². The Labute approximate surface area is 104 Å². The number of hydrogen-bond donors (Lipinski definition) is 1. The average molecular weight is 250 g/mol. The van der Waals surface area contributed by atoms with Crippen molar-refractivity contribution in [2.45, 2.75) is 25.0 Å². The summed E-state index contributed by atoms with van der Waals surface area (Å²) in [6.45, 7) is 0.324. The summed E-state index contributed by atoms with van der Waals surface area (Å²) in [6.07, 6.45) is 1.07. The molecule has 2 unspecified atom stereocenters. The second kappa shape index (κ2) is 5.64. The van der Waals surface area contributed by atoms with E-state index in [1.54, 1.807) is 24.3 Å². The molecule has 1 fully saturated rings. The van der Waals surface area contributed by atoms with Gasteiger partial charge in [-0.15, -0.1) is 0 Å². The molecule has 96 valence electrons. The van der Waals surface area contributed by atoms with Crippen LogP contribution in [0.4, 0.5) is 0 Å². The lowest BCUT2D eigenvalue weighted by molar-refractivity contribution is -0.149. The molecular formula is C13H14O5. The highest BCUT2D eigenvalue weighted by Gasteiger charge is 2.30. The summed E-state index contributed by atoms with van der Waals surface area (Å²) in [6, 6.07) is 6.73. The van der Waals surface area contributed by atoms with Gasteiger partial charge in [0.2, 0.25) is 0 Å². The number of aliphatic carboxylic acids is 1. The molecule has 0 saturated carbocycles. The Kier molecular flexibility index (Phi) is 3.94. The first-order valence-electron chi connectivity index (χ1n) is 5.75. The van der Waals surface area contributed by atoms with Crippen LogP contribution >= 0.6 is 0 Å². The van der Waals surface area contributed by atoms with Gasteiger partial charge in [0.25, 0.3) is 0 Å². The lowest BCUT2D eigenvalue weighted by Gasteiger charge is -2.12. The Morgan fingerprint density at radius 2 is 2.11 bits per heavy atom. The molecule has 2 rings (SSSR count). The van der Waals surface area contributed by atoms with Crippen LogP contribution in [-0.4, -0.2) is 36.2 Å². The van der Waals surface area contributed by atoms with Crippen molar-refractivity contribution >= 4 is 12.3 Å². The van der Waals surface area contributed by atoms with Gasteiger partial charge in [-0.1, -0.05) is 0 Å². The van der Waals surface area contributed by atoms with Crippen molar-refractivity contribution < 1.29 is 24.2 Å². The Bertz CT molecular complexity index is 426. The summed E-state index contributed by atoms with van der Waals surface area (Å²) in [5, 5.41) is 8.78. The maximum absolute atomic E-state index is 10.7. The van der Waals surface area contributed by atoms with Crippen LogP contribution in [0.3, 0.4) is 0 Å². The molecule has 1 aromatic carbocycles. The lowest BCUT2D eigenvalue weighted by atomic mass is 10.2. The van der Waals surface area contributed by atoms with E-state index in [1.807, 2.05) is 0 Å². The third-order valence-corrected chi connectivity index (χ3v) is 2.84. The standard InChI is InChI=1S/C13H14O5/c14-7-9-1-3-10(4-2-9)17-8-11-5-6-12(18-11)13(15)16/h1-4,7,11-12H,5-6,8H2,(H,15,16). The number of ether oxygens (including phenoxy) is 2. The van der Waals surface area contributed by atoms with Gasteiger partial charge < -0.3 is 14.6 Å². The monoisotopic (exact) mass is 250 g/mol. The van der Waals surface area contributed by atoms with E-state index < -0.39 is 12.1 Å². The fourth-order valence-corrected chi connectivity index (χ4v) is 1.84. The minimum atomic E-state index is -0.923. The van der Waals surface area contributed by atoms with Crippen LogP contribution in [0.1, 0.15) is 23.2 Å². The molecule has 1 aromatic rings. The Balaban J connectivity index is 1.81. The van der Waals surface area contributed by atoms with Crippen LogP contribution in [0.2, 0.25) is 0 Å². The topological polar surface area (TPSA) is 72.8 Å². The molecule has 5 nitrogen and oxygen atoms in total. The fraction of sp³-hybridized carbons (Fsp3) is 0.385. The molecule has 0 radical (unpaired) electrons. The average Bonchev–Trinajstić information content (AvgIpc) is 2.86. The molecular weight excluding hydrogens is 236 g/mol. The molecule has 0 bridgehead atoms. The number of carbonyl (C=O) groups excluding carboxylic acids is 1. The third kappa shape index (κ3) is 3.07. The minimum Gasteiger partial charge on any atom is -0.491 e. The van der Waals surface area contributed by atoms with Crippen LogP contribution < -0.4 is 4.74 Å². The summed E-state index contributed by atoms with van der Waals surface area (Å²) in [5.74, 6) is -0.282. The first-order chi connectivity index (χ1) is 8.69. The van der Waals surface area contributed by atoms with E-state index in [-0.39, 0.29) is 6.10 Å². The predicted molar refractivity (Wildman–Crippen MR) is 62.9 cm³/mol. The molecule has 1 aliphatic rings. The zero-order valence-electron chi connectivity index (χ0n) is 9.74. The van der Waals surface area contributed by atoms with Crippen molar-refractivity contribution in [2.75, 3.05) is 6.61 Å². The number of carboxylic acids is 1. The van der Waals surface area contributed by atoms with E-state index in [1.165, 1.54) is 0 Å². The second-order valence-electron chi connectivity index (χ2n) is 4.16. The van der Waals surface area contributed by atoms with E-state index in [9.17, 15) is 9.59 Å².